The zero-order chi connectivity index (χ0) is 19.5. The van der Waals surface area contributed by atoms with Gasteiger partial charge in [0.15, 0.2) is 5.76 Å². The molecule has 0 saturated carbocycles. The highest BCUT2D eigenvalue weighted by Crippen LogP contribution is 2.22. The van der Waals surface area contributed by atoms with Crippen LogP contribution in [0.5, 0.6) is 0 Å². The van der Waals surface area contributed by atoms with E-state index < -0.39 is 0 Å². The fraction of sp³-hybridized carbons (Fsp3) is 0.381. The summed E-state index contributed by atoms with van der Waals surface area (Å²) in [5, 5.41) is 0. The number of carbonyl (C=O) groups is 3. The molecular formula is C21H23N3O4. The summed E-state index contributed by atoms with van der Waals surface area (Å²) in [5.74, 6) is 0.263. The van der Waals surface area contributed by atoms with Crippen molar-refractivity contribution in [2.24, 2.45) is 0 Å². The van der Waals surface area contributed by atoms with Gasteiger partial charge in [-0.15, -0.1) is 0 Å². The number of hydrogen-bond acceptors (Lipinski definition) is 4. The molecule has 0 N–H and O–H groups in total. The second kappa shape index (κ2) is 7.88. The predicted octanol–water partition coefficient (Wildman–Crippen LogP) is 2.39. The van der Waals surface area contributed by atoms with Crippen molar-refractivity contribution in [2.75, 3.05) is 37.6 Å². The second-order valence-electron chi connectivity index (χ2n) is 7.11. The van der Waals surface area contributed by atoms with Crippen LogP contribution in [0.25, 0.3) is 0 Å². The lowest BCUT2D eigenvalue weighted by Crippen LogP contribution is -2.50. The number of benzene rings is 1. The van der Waals surface area contributed by atoms with Crippen LogP contribution in [-0.4, -0.2) is 60.2 Å². The van der Waals surface area contributed by atoms with Crippen molar-refractivity contribution in [1.29, 1.82) is 0 Å². The molecule has 2 fully saturated rings. The van der Waals surface area contributed by atoms with E-state index in [1.54, 1.807) is 39.0 Å². The molecule has 1 aromatic carbocycles. The molecule has 146 valence electrons. The van der Waals surface area contributed by atoms with E-state index in [9.17, 15) is 14.4 Å². The standard InChI is InChI=1S/C21H23N3O4/c25-19-5-1-2-10-24(19)17-8-6-16(7-9-17)20(26)22-11-13-23(14-12-22)21(27)18-4-3-15-28-18/h3-4,6-9,15H,1-2,5,10-14H2. The van der Waals surface area contributed by atoms with Gasteiger partial charge in [-0.25, -0.2) is 0 Å². The van der Waals surface area contributed by atoms with Gasteiger partial charge in [0.25, 0.3) is 11.8 Å². The van der Waals surface area contributed by atoms with Crippen molar-refractivity contribution in [3.63, 3.8) is 0 Å². The van der Waals surface area contributed by atoms with Crippen molar-refractivity contribution >= 4 is 23.4 Å². The lowest BCUT2D eigenvalue weighted by atomic mass is 10.1. The molecule has 0 spiro atoms. The quantitative estimate of drug-likeness (QED) is 0.818. The summed E-state index contributed by atoms with van der Waals surface area (Å²) in [4.78, 5) is 42.4. The maximum Gasteiger partial charge on any atom is 0.289 e. The number of amides is 3. The molecule has 7 heteroatoms. The maximum absolute atomic E-state index is 12.8. The van der Waals surface area contributed by atoms with Gasteiger partial charge in [-0.2, -0.15) is 0 Å². The molecule has 0 bridgehead atoms. The Morgan fingerprint density at radius 1 is 0.821 bits per heavy atom. The van der Waals surface area contributed by atoms with Crippen LogP contribution in [-0.2, 0) is 4.79 Å². The van der Waals surface area contributed by atoms with Crippen LogP contribution >= 0.6 is 0 Å². The number of carbonyl (C=O) groups excluding carboxylic acids is 3. The Bertz CT molecular complexity index is 852. The fourth-order valence-electron chi connectivity index (χ4n) is 3.71. The molecule has 2 aliphatic rings. The van der Waals surface area contributed by atoms with Gasteiger partial charge in [0.1, 0.15) is 0 Å². The Balaban J connectivity index is 1.36. The van der Waals surface area contributed by atoms with E-state index in [1.807, 2.05) is 12.1 Å². The lowest BCUT2D eigenvalue weighted by molar-refractivity contribution is -0.119. The molecule has 4 rings (SSSR count). The first kappa shape index (κ1) is 18.3. The molecular weight excluding hydrogens is 358 g/mol. The largest absolute Gasteiger partial charge is 0.459 e. The highest BCUT2D eigenvalue weighted by atomic mass is 16.3. The van der Waals surface area contributed by atoms with Crippen LogP contribution < -0.4 is 4.90 Å². The molecule has 3 amide bonds. The molecule has 2 aromatic rings. The summed E-state index contributed by atoms with van der Waals surface area (Å²) in [6, 6.07) is 10.6. The van der Waals surface area contributed by atoms with Crippen LogP contribution in [0.2, 0.25) is 0 Å². The zero-order valence-electron chi connectivity index (χ0n) is 15.7. The molecule has 0 unspecified atom stereocenters. The van der Waals surface area contributed by atoms with Gasteiger partial charge >= 0.3 is 0 Å². The Morgan fingerprint density at radius 3 is 2.11 bits per heavy atom. The summed E-state index contributed by atoms with van der Waals surface area (Å²) in [7, 11) is 0. The number of piperazine rings is 1. The predicted molar refractivity (Wildman–Crippen MR) is 103 cm³/mol. The molecule has 28 heavy (non-hydrogen) atoms. The number of hydrogen-bond donors (Lipinski definition) is 0. The fourth-order valence-corrected chi connectivity index (χ4v) is 3.71. The van der Waals surface area contributed by atoms with E-state index in [1.165, 1.54) is 6.26 Å². The Morgan fingerprint density at radius 2 is 1.50 bits per heavy atom. The molecule has 1 aromatic heterocycles. The second-order valence-corrected chi connectivity index (χ2v) is 7.11. The number of anilines is 1. The SMILES string of the molecule is O=C(c1ccc(N2CCCCC2=O)cc1)N1CCN(C(=O)c2ccco2)CC1. The van der Waals surface area contributed by atoms with Crippen molar-refractivity contribution in [1.82, 2.24) is 9.80 Å². The number of nitrogens with zero attached hydrogens (tertiary/aromatic N) is 3. The summed E-state index contributed by atoms with van der Waals surface area (Å²) >= 11 is 0. The van der Waals surface area contributed by atoms with Crippen LogP contribution in [0.1, 0.15) is 40.2 Å². The molecule has 0 aliphatic carbocycles. The first-order chi connectivity index (χ1) is 13.6. The first-order valence-electron chi connectivity index (χ1n) is 9.66. The molecule has 0 atom stereocenters. The minimum Gasteiger partial charge on any atom is -0.459 e. The van der Waals surface area contributed by atoms with E-state index in [2.05, 4.69) is 0 Å². The number of piperidine rings is 1. The Kier molecular flexibility index (Phi) is 5.14. The van der Waals surface area contributed by atoms with Gasteiger partial charge in [-0.3, -0.25) is 14.4 Å². The van der Waals surface area contributed by atoms with Gasteiger partial charge < -0.3 is 19.1 Å². The third-order valence-electron chi connectivity index (χ3n) is 5.34. The van der Waals surface area contributed by atoms with Crippen LogP contribution in [0.4, 0.5) is 5.69 Å². The van der Waals surface area contributed by atoms with Crippen LogP contribution in [0.3, 0.4) is 0 Å². The summed E-state index contributed by atoms with van der Waals surface area (Å²) < 4.78 is 5.16. The molecule has 0 radical (unpaired) electrons. The summed E-state index contributed by atoms with van der Waals surface area (Å²) in [6.45, 7) is 2.66. The van der Waals surface area contributed by atoms with Gasteiger partial charge in [0, 0.05) is 50.4 Å². The van der Waals surface area contributed by atoms with E-state index in [-0.39, 0.29) is 17.7 Å². The smallest absolute Gasteiger partial charge is 0.289 e. The summed E-state index contributed by atoms with van der Waals surface area (Å²) in [5.41, 5.74) is 1.44. The van der Waals surface area contributed by atoms with E-state index in [0.717, 1.165) is 25.1 Å². The van der Waals surface area contributed by atoms with Crippen molar-refractivity contribution in [3.8, 4) is 0 Å². The maximum atomic E-state index is 12.8. The van der Waals surface area contributed by atoms with Gasteiger partial charge in [0.05, 0.1) is 6.26 Å². The average molecular weight is 381 g/mol. The third kappa shape index (κ3) is 3.65. The number of rotatable bonds is 3. The van der Waals surface area contributed by atoms with Gasteiger partial charge in [-0.1, -0.05) is 0 Å². The zero-order valence-corrected chi connectivity index (χ0v) is 15.7. The average Bonchev–Trinajstić information content (AvgIpc) is 3.28. The van der Waals surface area contributed by atoms with E-state index >= 15 is 0 Å². The van der Waals surface area contributed by atoms with Gasteiger partial charge in [0.2, 0.25) is 5.91 Å². The van der Waals surface area contributed by atoms with Crippen molar-refractivity contribution in [2.45, 2.75) is 19.3 Å². The number of furan rings is 1. The normalized spacial score (nSPS) is 17.7. The monoisotopic (exact) mass is 381 g/mol. The van der Waals surface area contributed by atoms with Crippen LogP contribution in [0.15, 0.2) is 47.1 Å². The Labute approximate surface area is 163 Å². The van der Waals surface area contributed by atoms with Crippen molar-refractivity contribution < 1.29 is 18.8 Å². The summed E-state index contributed by atoms with van der Waals surface area (Å²) in [6.07, 6.45) is 4.02. The van der Waals surface area contributed by atoms with Crippen molar-refractivity contribution in [3.05, 3.63) is 54.0 Å². The van der Waals surface area contributed by atoms with Crippen LogP contribution in [0, 0.1) is 0 Å². The molecule has 3 heterocycles. The minimum atomic E-state index is -0.146. The minimum absolute atomic E-state index is 0.0541. The lowest BCUT2D eigenvalue weighted by Gasteiger charge is -2.34. The van der Waals surface area contributed by atoms with Gasteiger partial charge in [-0.05, 0) is 49.2 Å². The third-order valence-corrected chi connectivity index (χ3v) is 5.34. The first-order valence-corrected chi connectivity index (χ1v) is 9.66. The van der Waals surface area contributed by atoms with E-state index in [0.29, 0.717) is 43.9 Å². The molecule has 2 aliphatic heterocycles. The highest BCUT2D eigenvalue weighted by Gasteiger charge is 2.27. The van der Waals surface area contributed by atoms with E-state index in [4.69, 9.17) is 4.42 Å². The topological polar surface area (TPSA) is 74.1 Å². The molecule has 2 saturated heterocycles. The molecule has 7 nitrogen and oxygen atoms in total. The Hall–Kier alpha value is -3.09. The highest BCUT2D eigenvalue weighted by molar-refractivity contribution is 5.97.